The van der Waals surface area contributed by atoms with E-state index in [9.17, 15) is 0 Å². The molecule has 0 saturated carbocycles. The molecule has 0 aliphatic rings. The van der Waals surface area contributed by atoms with Gasteiger partial charge in [0.1, 0.15) is 5.75 Å². The van der Waals surface area contributed by atoms with Gasteiger partial charge in [0, 0.05) is 12.6 Å². The average molecular weight is 291 g/mol. The van der Waals surface area contributed by atoms with Gasteiger partial charge in [0.15, 0.2) is 0 Å². The van der Waals surface area contributed by atoms with Crippen LogP contribution >= 0.6 is 0 Å². The lowest BCUT2D eigenvalue weighted by Crippen LogP contribution is -2.36. The topological polar surface area (TPSA) is 21.3 Å². The predicted molar refractivity (Wildman–Crippen MR) is 92.1 cm³/mol. The number of para-hydroxylation sites is 1. The van der Waals surface area contributed by atoms with Crippen LogP contribution in [0.3, 0.4) is 0 Å². The molecule has 1 aromatic rings. The molecule has 0 amide bonds. The Morgan fingerprint density at radius 2 is 1.90 bits per heavy atom. The molecule has 2 heteroatoms. The number of benzene rings is 1. The Morgan fingerprint density at radius 1 is 1.19 bits per heavy atom. The fourth-order valence-corrected chi connectivity index (χ4v) is 2.67. The third-order valence-electron chi connectivity index (χ3n) is 4.10. The second-order valence-electron chi connectivity index (χ2n) is 6.92. The van der Waals surface area contributed by atoms with Gasteiger partial charge >= 0.3 is 0 Å². The first kappa shape index (κ1) is 18.0. The molecule has 0 saturated heterocycles. The highest BCUT2D eigenvalue weighted by molar-refractivity contribution is 5.33. The minimum atomic E-state index is 0.379. The van der Waals surface area contributed by atoms with Crippen LogP contribution in [0.25, 0.3) is 0 Å². The molecule has 0 fully saturated rings. The fourth-order valence-electron chi connectivity index (χ4n) is 2.67. The van der Waals surface area contributed by atoms with Crippen LogP contribution in [0.1, 0.15) is 58.9 Å². The first-order valence-electron chi connectivity index (χ1n) is 8.34. The van der Waals surface area contributed by atoms with Gasteiger partial charge in [0.2, 0.25) is 0 Å². The zero-order chi connectivity index (χ0) is 15.7. The van der Waals surface area contributed by atoms with Gasteiger partial charge in [-0.1, -0.05) is 58.2 Å². The largest absolute Gasteiger partial charge is 0.496 e. The molecule has 1 atom stereocenters. The fraction of sp³-hybridized carbons (Fsp3) is 0.684. The van der Waals surface area contributed by atoms with Crippen molar-refractivity contribution in [1.82, 2.24) is 5.32 Å². The molecule has 0 heterocycles. The van der Waals surface area contributed by atoms with Crippen LogP contribution in [0.15, 0.2) is 24.3 Å². The summed E-state index contributed by atoms with van der Waals surface area (Å²) in [5, 5.41) is 3.69. The Morgan fingerprint density at radius 3 is 2.57 bits per heavy atom. The average Bonchev–Trinajstić information content (AvgIpc) is 2.46. The maximum absolute atomic E-state index is 5.43. The van der Waals surface area contributed by atoms with Gasteiger partial charge in [-0.05, 0) is 36.8 Å². The number of nitrogens with one attached hydrogen (secondary N) is 1. The van der Waals surface area contributed by atoms with E-state index < -0.39 is 0 Å². The summed E-state index contributed by atoms with van der Waals surface area (Å²) in [5.41, 5.74) is 1.66. The van der Waals surface area contributed by atoms with Crippen molar-refractivity contribution < 1.29 is 4.74 Å². The summed E-state index contributed by atoms with van der Waals surface area (Å²) in [6, 6.07) is 8.77. The van der Waals surface area contributed by atoms with Crippen molar-refractivity contribution >= 4 is 0 Å². The molecule has 2 nitrogen and oxygen atoms in total. The minimum Gasteiger partial charge on any atom is -0.496 e. The van der Waals surface area contributed by atoms with E-state index in [1.54, 1.807) is 7.11 Å². The Labute approximate surface area is 131 Å². The molecule has 0 aliphatic heterocycles. The predicted octanol–water partition coefficient (Wildman–Crippen LogP) is 4.82. The molecule has 0 bridgehead atoms. The number of hydrogen-bond donors (Lipinski definition) is 1. The van der Waals surface area contributed by atoms with Crippen molar-refractivity contribution in [3.05, 3.63) is 29.8 Å². The summed E-state index contributed by atoms with van der Waals surface area (Å²) in [6.07, 6.45) is 6.30. The summed E-state index contributed by atoms with van der Waals surface area (Å²) in [5.74, 6) is 0.994. The highest BCUT2D eigenvalue weighted by Gasteiger charge is 2.18. The maximum Gasteiger partial charge on any atom is 0.122 e. The van der Waals surface area contributed by atoms with E-state index in [2.05, 4.69) is 45.1 Å². The van der Waals surface area contributed by atoms with E-state index in [-0.39, 0.29) is 0 Å². The van der Waals surface area contributed by atoms with Crippen molar-refractivity contribution in [1.29, 1.82) is 0 Å². The van der Waals surface area contributed by atoms with Crippen LogP contribution in [0, 0.1) is 5.41 Å². The van der Waals surface area contributed by atoms with E-state index in [1.807, 2.05) is 12.1 Å². The lowest BCUT2D eigenvalue weighted by atomic mass is 9.86. The van der Waals surface area contributed by atoms with Gasteiger partial charge in [-0.15, -0.1) is 0 Å². The van der Waals surface area contributed by atoms with E-state index in [4.69, 9.17) is 4.74 Å². The number of rotatable bonds is 10. The van der Waals surface area contributed by atoms with Crippen LogP contribution < -0.4 is 10.1 Å². The Hall–Kier alpha value is -1.02. The molecular weight excluding hydrogens is 258 g/mol. The van der Waals surface area contributed by atoms with Gasteiger partial charge in [-0.3, -0.25) is 0 Å². The van der Waals surface area contributed by atoms with Crippen molar-refractivity contribution in [2.24, 2.45) is 5.41 Å². The maximum atomic E-state index is 5.43. The van der Waals surface area contributed by atoms with Crippen LogP contribution in [0.5, 0.6) is 5.75 Å². The highest BCUT2D eigenvalue weighted by atomic mass is 16.5. The van der Waals surface area contributed by atoms with Crippen LogP contribution in [-0.2, 0) is 6.42 Å². The van der Waals surface area contributed by atoms with Gasteiger partial charge < -0.3 is 10.1 Å². The van der Waals surface area contributed by atoms with Gasteiger partial charge in [0.05, 0.1) is 7.11 Å². The zero-order valence-corrected chi connectivity index (χ0v) is 14.5. The molecular formula is C19H33NO. The monoisotopic (exact) mass is 291 g/mol. The Bertz CT molecular complexity index is 400. The van der Waals surface area contributed by atoms with Crippen LogP contribution in [0.4, 0.5) is 0 Å². The quantitative estimate of drug-likeness (QED) is 0.624. The van der Waals surface area contributed by atoms with Gasteiger partial charge in [0.25, 0.3) is 0 Å². The van der Waals surface area contributed by atoms with E-state index >= 15 is 0 Å². The van der Waals surface area contributed by atoms with Crippen LogP contribution in [0.2, 0.25) is 0 Å². The van der Waals surface area contributed by atoms with Crippen molar-refractivity contribution in [2.75, 3.05) is 13.7 Å². The number of methoxy groups -OCH3 is 1. The third kappa shape index (κ3) is 6.99. The molecule has 0 spiro atoms. The molecule has 1 unspecified atom stereocenters. The summed E-state index contributed by atoms with van der Waals surface area (Å²) in [4.78, 5) is 0. The van der Waals surface area contributed by atoms with E-state index in [1.165, 1.54) is 31.2 Å². The molecule has 1 aromatic carbocycles. The standard InChI is InChI=1S/C19H33NO/c1-6-7-10-13-19(3,4)15-20-16(2)14-17-11-8-9-12-18(17)21-5/h8-9,11-12,16,20H,6-7,10,13-15H2,1-5H3. The molecule has 120 valence electrons. The first-order chi connectivity index (χ1) is 9.98. The van der Waals surface area contributed by atoms with Crippen molar-refractivity contribution in [3.63, 3.8) is 0 Å². The SMILES string of the molecule is CCCCCC(C)(C)CNC(C)Cc1ccccc1OC. The normalized spacial score (nSPS) is 13.2. The molecule has 1 rings (SSSR count). The first-order valence-corrected chi connectivity index (χ1v) is 8.34. The molecule has 1 N–H and O–H groups in total. The van der Waals surface area contributed by atoms with E-state index in [0.717, 1.165) is 18.7 Å². The molecule has 21 heavy (non-hydrogen) atoms. The minimum absolute atomic E-state index is 0.379. The van der Waals surface area contributed by atoms with Gasteiger partial charge in [-0.25, -0.2) is 0 Å². The second-order valence-corrected chi connectivity index (χ2v) is 6.92. The summed E-state index contributed by atoms with van der Waals surface area (Å²) < 4.78 is 5.43. The second kappa shape index (κ2) is 9.09. The van der Waals surface area contributed by atoms with Crippen molar-refractivity contribution in [2.45, 2.75) is 65.8 Å². The van der Waals surface area contributed by atoms with Crippen molar-refractivity contribution in [3.8, 4) is 5.75 Å². The summed E-state index contributed by atoms with van der Waals surface area (Å²) >= 11 is 0. The Balaban J connectivity index is 2.41. The molecule has 0 radical (unpaired) electrons. The summed E-state index contributed by atoms with van der Waals surface area (Å²) in [6.45, 7) is 10.3. The highest BCUT2D eigenvalue weighted by Crippen LogP contribution is 2.23. The zero-order valence-electron chi connectivity index (χ0n) is 14.5. The van der Waals surface area contributed by atoms with E-state index in [0.29, 0.717) is 11.5 Å². The molecule has 0 aromatic heterocycles. The van der Waals surface area contributed by atoms with Gasteiger partial charge in [-0.2, -0.15) is 0 Å². The Kier molecular flexibility index (Phi) is 7.81. The third-order valence-corrected chi connectivity index (χ3v) is 4.10. The number of unbranched alkanes of at least 4 members (excludes halogenated alkanes) is 2. The lowest BCUT2D eigenvalue weighted by Gasteiger charge is -2.27. The molecule has 0 aliphatic carbocycles. The number of ether oxygens (including phenoxy) is 1. The smallest absolute Gasteiger partial charge is 0.122 e. The lowest BCUT2D eigenvalue weighted by molar-refractivity contribution is 0.289. The van der Waals surface area contributed by atoms with Crippen LogP contribution in [-0.4, -0.2) is 19.7 Å². The summed E-state index contributed by atoms with van der Waals surface area (Å²) in [7, 11) is 1.74. The number of hydrogen-bond acceptors (Lipinski definition) is 2.